The molecule has 1 amide bonds. The van der Waals surface area contributed by atoms with Crippen LogP contribution < -0.4 is 5.32 Å². The highest BCUT2D eigenvalue weighted by atomic mass is 16.1. The molecule has 4 rings (SSSR count). The van der Waals surface area contributed by atoms with Gasteiger partial charge in [0.25, 0.3) is 5.91 Å². The molecule has 0 unspecified atom stereocenters. The van der Waals surface area contributed by atoms with Crippen molar-refractivity contribution in [2.45, 2.75) is 13.5 Å². The molecule has 0 radical (unpaired) electrons. The number of hydrogen-bond acceptors (Lipinski definition) is 4. The van der Waals surface area contributed by atoms with Crippen molar-refractivity contribution < 1.29 is 4.79 Å². The van der Waals surface area contributed by atoms with Crippen molar-refractivity contribution in [3.8, 4) is 11.3 Å². The molecule has 3 aromatic heterocycles. The zero-order valence-electron chi connectivity index (χ0n) is 14.5. The molecule has 26 heavy (non-hydrogen) atoms. The molecule has 0 saturated heterocycles. The quantitative estimate of drug-likeness (QED) is 0.615. The molecule has 1 aromatic carbocycles. The standard InChI is InChI=1S/C19H18N6O/c1-13-3-5-14(6-4-13)17-8-9-20-18-16(12-23-25(17)18)19(26)21-11-15-7-10-22-24(15)2/h3-10,12H,11H2,1-2H3,(H,21,26). The number of rotatable bonds is 4. The van der Waals surface area contributed by atoms with E-state index in [1.165, 1.54) is 5.56 Å². The van der Waals surface area contributed by atoms with Crippen LogP contribution >= 0.6 is 0 Å². The fraction of sp³-hybridized carbons (Fsp3) is 0.158. The Morgan fingerprint density at radius 2 is 1.88 bits per heavy atom. The van der Waals surface area contributed by atoms with Crippen LogP contribution in [0.25, 0.3) is 16.9 Å². The fourth-order valence-corrected chi connectivity index (χ4v) is 2.84. The molecule has 0 fully saturated rings. The van der Waals surface area contributed by atoms with E-state index in [4.69, 9.17) is 0 Å². The second kappa shape index (κ2) is 6.44. The third-order valence-electron chi connectivity index (χ3n) is 4.35. The van der Waals surface area contributed by atoms with Crippen LogP contribution in [0.1, 0.15) is 21.6 Å². The van der Waals surface area contributed by atoms with Crippen LogP contribution in [0.15, 0.2) is 55.0 Å². The predicted octanol–water partition coefficient (Wildman–Crippen LogP) is 2.37. The van der Waals surface area contributed by atoms with E-state index in [0.717, 1.165) is 17.0 Å². The summed E-state index contributed by atoms with van der Waals surface area (Å²) in [5.74, 6) is -0.213. The summed E-state index contributed by atoms with van der Waals surface area (Å²) in [7, 11) is 1.84. The van der Waals surface area contributed by atoms with Crippen LogP contribution in [0.2, 0.25) is 0 Å². The Bertz CT molecular complexity index is 1080. The summed E-state index contributed by atoms with van der Waals surface area (Å²) in [5.41, 5.74) is 5.00. The Balaban J connectivity index is 1.65. The van der Waals surface area contributed by atoms with Gasteiger partial charge in [0.1, 0.15) is 5.56 Å². The highest BCUT2D eigenvalue weighted by molar-refractivity contribution is 5.99. The number of aromatic nitrogens is 5. The van der Waals surface area contributed by atoms with E-state index in [2.05, 4.69) is 20.5 Å². The monoisotopic (exact) mass is 346 g/mol. The first-order valence-electron chi connectivity index (χ1n) is 8.28. The number of carbonyl (C=O) groups is 1. The van der Waals surface area contributed by atoms with Crippen LogP contribution in [-0.4, -0.2) is 30.3 Å². The van der Waals surface area contributed by atoms with Gasteiger partial charge in [-0.05, 0) is 19.1 Å². The second-order valence-corrected chi connectivity index (χ2v) is 6.12. The van der Waals surface area contributed by atoms with E-state index in [0.29, 0.717) is 17.8 Å². The molecule has 130 valence electrons. The zero-order valence-corrected chi connectivity index (χ0v) is 14.5. The van der Waals surface area contributed by atoms with Crippen LogP contribution in [-0.2, 0) is 13.6 Å². The first-order chi connectivity index (χ1) is 12.6. The smallest absolute Gasteiger partial charge is 0.257 e. The Labute approximate surface area is 150 Å². The molecular weight excluding hydrogens is 328 g/mol. The van der Waals surface area contributed by atoms with Gasteiger partial charge in [-0.2, -0.15) is 10.2 Å². The number of carbonyl (C=O) groups excluding carboxylic acids is 1. The van der Waals surface area contributed by atoms with E-state index in [9.17, 15) is 4.79 Å². The Morgan fingerprint density at radius 1 is 1.08 bits per heavy atom. The minimum atomic E-state index is -0.213. The maximum Gasteiger partial charge on any atom is 0.257 e. The summed E-state index contributed by atoms with van der Waals surface area (Å²) < 4.78 is 3.42. The number of benzene rings is 1. The van der Waals surface area contributed by atoms with Gasteiger partial charge >= 0.3 is 0 Å². The number of hydrogen-bond donors (Lipinski definition) is 1. The van der Waals surface area contributed by atoms with Gasteiger partial charge in [0.2, 0.25) is 0 Å². The van der Waals surface area contributed by atoms with Gasteiger partial charge in [-0.25, -0.2) is 9.50 Å². The lowest BCUT2D eigenvalue weighted by atomic mass is 10.1. The summed E-state index contributed by atoms with van der Waals surface area (Å²) in [6.07, 6.45) is 4.95. The lowest BCUT2D eigenvalue weighted by Crippen LogP contribution is -2.24. The molecule has 1 N–H and O–H groups in total. The molecule has 3 heterocycles. The van der Waals surface area contributed by atoms with E-state index < -0.39 is 0 Å². The van der Waals surface area contributed by atoms with Crippen LogP contribution in [0.4, 0.5) is 0 Å². The summed E-state index contributed by atoms with van der Waals surface area (Å²) in [6.45, 7) is 2.44. The number of amides is 1. The Kier molecular flexibility index (Phi) is 3.96. The number of nitrogens with one attached hydrogen (secondary N) is 1. The molecule has 4 aromatic rings. The number of nitrogens with zero attached hydrogens (tertiary/aromatic N) is 5. The van der Waals surface area contributed by atoms with Gasteiger partial charge in [0.05, 0.1) is 24.1 Å². The minimum Gasteiger partial charge on any atom is -0.346 e. The summed E-state index contributed by atoms with van der Waals surface area (Å²) >= 11 is 0. The molecule has 0 atom stereocenters. The van der Waals surface area contributed by atoms with Crippen molar-refractivity contribution in [1.82, 2.24) is 29.7 Å². The molecule has 0 bridgehead atoms. The lowest BCUT2D eigenvalue weighted by molar-refractivity contribution is 0.0951. The molecule has 0 aliphatic heterocycles. The fourth-order valence-electron chi connectivity index (χ4n) is 2.84. The largest absolute Gasteiger partial charge is 0.346 e. The third-order valence-corrected chi connectivity index (χ3v) is 4.35. The maximum absolute atomic E-state index is 12.6. The number of fused-ring (bicyclic) bond motifs is 1. The van der Waals surface area contributed by atoms with Crippen molar-refractivity contribution in [1.29, 1.82) is 0 Å². The number of aryl methyl sites for hydroxylation is 2. The molecule has 7 heteroatoms. The van der Waals surface area contributed by atoms with E-state index in [1.807, 2.05) is 50.4 Å². The Hall–Kier alpha value is -3.48. The minimum absolute atomic E-state index is 0.213. The second-order valence-electron chi connectivity index (χ2n) is 6.12. The van der Waals surface area contributed by atoms with Gasteiger partial charge in [-0.1, -0.05) is 29.8 Å². The Morgan fingerprint density at radius 3 is 2.62 bits per heavy atom. The van der Waals surface area contributed by atoms with E-state index in [1.54, 1.807) is 27.8 Å². The lowest BCUT2D eigenvalue weighted by Gasteiger charge is -2.06. The SMILES string of the molecule is Cc1ccc(-c2ccnc3c(C(=O)NCc4ccnn4C)cnn23)cc1. The molecule has 0 spiro atoms. The van der Waals surface area contributed by atoms with Gasteiger partial charge in [0, 0.05) is 25.0 Å². The average Bonchev–Trinajstić information content (AvgIpc) is 3.26. The van der Waals surface area contributed by atoms with Gasteiger partial charge < -0.3 is 5.32 Å². The highest BCUT2D eigenvalue weighted by Crippen LogP contribution is 2.21. The third kappa shape index (κ3) is 2.83. The molecular formula is C19H18N6O. The van der Waals surface area contributed by atoms with Gasteiger partial charge in [-0.3, -0.25) is 9.48 Å². The van der Waals surface area contributed by atoms with Crippen molar-refractivity contribution in [2.24, 2.45) is 7.05 Å². The van der Waals surface area contributed by atoms with Crippen LogP contribution in [0.5, 0.6) is 0 Å². The van der Waals surface area contributed by atoms with Crippen LogP contribution in [0.3, 0.4) is 0 Å². The summed E-state index contributed by atoms with van der Waals surface area (Å²) in [4.78, 5) is 16.9. The van der Waals surface area contributed by atoms with Gasteiger partial charge in [0.15, 0.2) is 5.65 Å². The van der Waals surface area contributed by atoms with Crippen molar-refractivity contribution in [3.63, 3.8) is 0 Å². The van der Waals surface area contributed by atoms with Crippen molar-refractivity contribution >= 4 is 11.6 Å². The normalized spacial score (nSPS) is 11.0. The molecule has 0 aliphatic carbocycles. The zero-order chi connectivity index (χ0) is 18.1. The van der Waals surface area contributed by atoms with Crippen molar-refractivity contribution in [2.75, 3.05) is 0 Å². The molecule has 0 aliphatic rings. The topological polar surface area (TPSA) is 77.1 Å². The summed E-state index contributed by atoms with van der Waals surface area (Å²) in [5, 5.41) is 11.4. The molecule has 0 saturated carbocycles. The van der Waals surface area contributed by atoms with Gasteiger partial charge in [-0.15, -0.1) is 0 Å². The average molecular weight is 346 g/mol. The highest BCUT2D eigenvalue weighted by Gasteiger charge is 2.16. The van der Waals surface area contributed by atoms with Crippen LogP contribution in [0, 0.1) is 6.92 Å². The van der Waals surface area contributed by atoms with E-state index >= 15 is 0 Å². The van der Waals surface area contributed by atoms with Crippen molar-refractivity contribution in [3.05, 3.63) is 71.8 Å². The summed E-state index contributed by atoms with van der Waals surface area (Å²) in [6, 6.07) is 11.9. The first-order valence-corrected chi connectivity index (χ1v) is 8.28. The van der Waals surface area contributed by atoms with E-state index in [-0.39, 0.29) is 5.91 Å². The predicted molar refractivity (Wildman–Crippen MR) is 97.5 cm³/mol. The maximum atomic E-state index is 12.6. The molecule has 7 nitrogen and oxygen atoms in total. The first kappa shape index (κ1) is 16.0.